The number of nitro benzene ring substituents is 1. The van der Waals surface area contributed by atoms with E-state index in [1.807, 2.05) is 25.1 Å². The number of nitrogens with one attached hydrogen (secondary N) is 1. The number of benzene rings is 2. The first kappa shape index (κ1) is 13.8. The smallest absolute Gasteiger partial charge is 0.270 e. The second kappa shape index (κ2) is 5.59. The summed E-state index contributed by atoms with van der Waals surface area (Å²) in [5.74, 6) is 0. The standard InChI is InChI=1S/C14H10ClN3O2/c1-9-2-4-12(15)14(6-9)17-13-5-3-11(18(19)20)7-10(13)8-16/h2-7,17H,1H3. The van der Waals surface area contributed by atoms with Crippen LogP contribution in [0.5, 0.6) is 0 Å². The molecule has 6 heteroatoms. The van der Waals surface area contributed by atoms with Crippen molar-refractivity contribution < 1.29 is 4.92 Å². The number of hydrogen-bond acceptors (Lipinski definition) is 4. The van der Waals surface area contributed by atoms with Crippen LogP contribution in [0.25, 0.3) is 0 Å². The molecule has 0 heterocycles. The van der Waals surface area contributed by atoms with Crippen molar-refractivity contribution in [3.63, 3.8) is 0 Å². The number of hydrogen-bond donors (Lipinski definition) is 1. The first-order chi connectivity index (χ1) is 9.51. The zero-order chi connectivity index (χ0) is 14.7. The summed E-state index contributed by atoms with van der Waals surface area (Å²) >= 11 is 6.07. The summed E-state index contributed by atoms with van der Waals surface area (Å²) in [6.45, 7) is 1.92. The van der Waals surface area contributed by atoms with E-state index in [1.165, 1.54) is 18.2 Å². The third-order valence-electron chi connectivity index (χ3n) is 2.73. The number of nitriles is 1. The van der Waals surface area contributed by atoms with Crippen LogP contribution < -0.4 is 5.32 Å². The molecule has 0 aliphatic rings. The molecule has 20 heavy (non-hydrogen) atoms. The highest BCUT2D eigenvalue weighted by molar-refractivity contribution is 6.33. The lowest BCUT2D eigenvalue weighted by Crippen LogP contribution is -1.96. The minimum absolute atomic E-state index is 0.123. The summed E-state index contributed by atoms with van der Waals surface area (Å²) in [6, 6.07) is 11.5. The third-order valence-corrected chi connectivity index (χ3v) is 3.06. The van der Waals surface area contributed by atoms with Crippen LogP contribution in [0.15, 0.2) is 36.4 Å². The number of anilines is 2. The number of nitrogens with zero attached hydrogens (tertiary/aromatic N) is 2. The lowest BCUT2D eigenvalue weighted by Gasteiger charge is -2.10. The molecule has 0 radical (unpaired) electrons. The maximum Gasteiger partial charge on any atom is 0.270 e. The zero-order valence-electron chi connectivity index (χ0n) is 10.6. The molecule has 0 aromatic heterocycles. The van der Waals surface area contributed by atoms with Crippen LogP contribution in [0.1, 0.15) is 11.1 Å². The van der Waals surface area contributed by atoms with E-state index in [0.29, 0.717) is 16.4 Å². The Morgan fingerprint density at radius 2 is 2.00 bits per heavy atom. The van der Waals surface area contributed by atoms with Gasteiger partial charge in [0.1, 0.15) is 6.07 Å². The Kier molecular flexibility index (Phi) is 3.87. The quantitative estimate of drug-likeness (QED) is 0.678. The zero-order valence-corrected chi connectivity index (χ0v) is 11.3. The molecule has 0 saturated carbocycles. The van der Waals surface area contributed by atoms with Gasteiger partial charge in [0.25, 0.3) is 5.69 Å². The highest BCUT2D eigenvalue weighted by Crippen LogP contribution is 2.29. The SMILES string of the molecule is Cc1ccc(Cl)c(Nc2ccc([N+](=O)[O-])cc2C#N)c1. The number of non-ortho nitro benzene ring substituents is 1. The predicted molar refractivity (Wildman–Crippen MR) is 77.3 cm³/mol. The van der Waals surface area contributed by atoms with Crippen LogP contribution in [0.4, 0.5) is 17.1 Å². The fourth-order valence-electron chi connectivity index (χ4n) is 1.73. The van der Waals surface area contributed by atoms with Gasteiger partial charge >= 0.3 is 0 Å². The van der Waals surface area contributed by atoms with Gasteiger partial charge in [-0.3, -0.25) is 10.1 Å². The van der Waals surface area contributed by atoms with E-state index in [0.717, 1.165) is 5.56 Å². The van der Waals surface area contributed by atoms with Crippen molar-refractivity contribution >= 4 is 28.7 Å². The van der Waals surface area contributed by atoms with Crippen molar-refractivity contribution in [2.45, 2.75) is 6.92 Å². The fourth-order valence-corrected chi connectivity index (χ4v) is 1.89. The maximum absolute atomic E-state index is 10.7. The number of aryl methyl sites for hydroxylation is 1. The molecule has 0 bridgehead atoms. The maximum atomic E-state index is 10.7. The summed E-state index contributed by atoms with van der Waals surface area (Å²) in [4.78, 5) is 10.2. The highest BCUT2D eigenvalue weighted by atomic mass is 35.5. The van der Waals surface area contributed by atoms with Crippen molar-refractivity contribution in [1.29, 1.82) is 5.26 Å². The first-order valence-electron chi connectivity index (χ1n) is 5.73. The van der Waals surface area contributed by atoms with Gasteiger partial charge in [0.2, 0.25) is 0 Å². The van der Waals surface area contributed by atoms with Gasteiger partial charge < -0.3 is 5.32 Å². The average Bonchev–Trinajstić information content (AvgIpc) is 2.43. The summed E-state index contributed by atoms with van der Waals surface area (Å²) < 4.78 is 0. The van der Waals surface area contributed by atoms with E-state index < -0.39 is 4.92 Å². The molecule has 2 aromatic carbocycles. The molecule has 0 amide bonds. The fraction of sp³-hybridized carbons (Fsp3) is 0.0714. The first-order valence-corrected chi connectivity index (χ1v) is 6.11. The van der Waals surface area contributed by atoms with Crippen LogP contribution in [0.2, 0.25) is 5.02 Å². The van der Waals surface area contributed by atoms with Gasteiger partial charge in [-0.15, -0.1) is 0 Å². The van der Waals surface area contributed by atoms with E-state index in [-0.39, 0.29) is 11.3 Å². The van der Waals surface area contributed by atoms with E-state index in [9.17, 15) is 10.1 Å². The monoisotopic (exact) mass is 287 g/mol. The van der Waals surface area contributed by atoms with E-state index in [2.05, 4.69) is 5.32 Å². The van der Waals surface area contributed by atoms with Crippen molar-refractivity contribution in [3.05, 3.63) is 62.7 Å². The largest absolute Gasteiger partial charge is 0.353 e. The van der Waals surface area contributed by atoms with Gasteiger partial charge in [0.05, 0.1) is 26.9 Å². The van der Waals surface area contributed by atoms with Gasteiger partial charge in [-0.25, -0.2) is 0 Å². The van der Waals surface area contributed by atoms with Crippen molar-refractivity contribution in [3.8, 4) is 6.07 Å². The Bertz CT molecular complexity index is 723. The molecule has 0 spiro atoms. The summed E-state index contributed by atoms with van der Waals surface area (Å²) in [6.07, 6.45) is 0. The minimum atomic E-state index is -0.537. The summed E-state index contributed by atoms with van der Waals surface area (Å²) in [5.41, 5.74) is 2.21. The van der Waals surface area contributed by atoms with E-state index in [1.54, 1.807) is 6.07 Å². The molecule has 100 valence electrons. The van der Waals surface area contributed by atoms with Gasteiger partial charge in [0.15, 0.2) is 0 Å². The van der Waals surface area contributed by atoms with Crippen LogP contribution in [-0.4, -0.2) is 4.92 Å². The van der Waals surface area contributed by atoms with Gasteiger partial charge in [-0.2, -0.15) is 5.26 Å². The van der Waals surface area contributed by atoms with Crippen LogP contribution in [0, 0.1) is 28.4 Å². The molecule has 5 nitrogen and oxygen atoms in total. The normalized spacial score (nSPS) is 9.85. The van der Waals surface area contributed by atoms with Gasteiger partial charge in [0, 0.05) is 12.1 Å². The number of nitro groups is 1. The highest BCUT2D eigenvalue weighted by Gasteiger charge is 2.11. The average molecular weight is 288 g/mol. The minimum Gasteiger partial charge on any atom is -0.353 e. The molecule has 0 aliphatic heterocycles. The summed E-state index contributed by atoms with van der Waals surface area (Å²) in [5, 5.41) is 23.3. The Morgan fingerprint density at radius 3 is 2.65 bits per heavy atom. The topological polar surface area (TPSA) is 79.0 Å². The van der Waals surface area contributed by atoms with Crippen molar-refractivity contribution in [2.24, 2.45) is 0 Å². The Labute approximate surface area is 120 Å². The molecule has 2 aromatic rings. The molecule has 2 rings (SSSR count). The molecule has 0 fully saturated rings. The van der Waals surface area contributed by atoms with E-state index >= 15 is 0 Å². The molecular formula is C14H10ClN3O2. The van der Waals surface area contributed by atoms with Crippen molar-refractivity contribution in [2.75, 3.05) is 5.32 Å². The predicted octanol–water partition coefficient (Wildman–Crippen LogP) is 4.17. The third kappa shape index (κ3) is 2.87. The molecule has 1 N–H and O–H groups in total. The molecule has 0 aliphatic carbocycles. The van der Waals surface area contributed by atoms with Crippen LogP contribution in [0.3, 0.4) is 0 Å². The number of rotatable bonds is 3. The van der Waals surface area contributed by atoms with Crippen LogP contribution >= 0.6 is 11.6 Å². The Morgan fingerprint density at radius 1 is 1.25 bits per heavy atom. The molecule has 0 unspecified atom stereocenters. The van der Waals surface area contributed by atoms with Crippen molar-refractivity contribution in [1.82, 2.24) is 0 Å². The van der Waals surface area contributed by atoms with Gasteiger partial charge in [-0.05, 0) is 30.7 Å². The Hall–Kier alpha value is -2.58. The van der Waals surface area contributed by atoms with E-state index in [4.69, 9.17) is 16.9 Å². The second-order valence-electron chi connectivity index (χ2n) is 4.21. The second-order valence-corrected chi connectivity index (χ2v) is 4.61. The Balaban J connectivity index is 2.41. The lowest BCUT2D eigenvalue weighted by molar-refractivity contribution is -0.384. The molecule has 0 saturated heterocycles. The van der Waals surface area contributed by atoms with Crippen LogP contribution in [-0.2, 0) is 0 Å². The van der Waals surface area contributed by atoms with Gasteiger partial charge in [-0.1, -0.05) is 17.7 Å². The molecular weight excluding hydrogens is 278 g/mol. The summed E-state index contributed by atoms with van der Waals surface area (Å²) in [7, 11) is 0. The lowest BCUT2D eigenvalue weighted by atomic mass is 10.1. The molecule has 0 atom stereocenters. The number of halogens is 1.